The molecule has 0 aliphatic carbocycles. The molecule has 1 rings (SSSR count). The lowest BCUT2D eigenvalue weighted by molar-refractivity contribution is -0.146. The first kappa shape index (κ1) is 14.5. The van der Waals surface area contributed by atoms with Crippen molar-refractivity contribution in [1.29, 1.82) is 0 Å². The predicted molar refractivity (Wildman–Crippen MR) is 74.9 cm³/mol. The lowest BCUT2D eigenvalue weighted by Gasteiger charge is -2.10. The largest absolute Gasteiger partial charge is 0.460 e. The second-order valence-corrected chi connectivity index (χ2v) is 5.52. The number of carbonyl (C=O) groups is 1. The van der Waals surface area contributed by atoms with Crippen LogP contribution in [0.1, 0.15) is 12.0 Å². The fourth-order valence-electron chi connectivity index (χ4n) is 1.20. The van der Waals surface area contributed by atoms with E-state index < -0.39 is 6.04 Å². The van der Waals surface area contributed by atoms with Gasteiger partial charge in [0.2, 0.25) is 0 Å². The summed E-state index contributed by atoms with van der Waals surface area (Å²) in [5, 5.41) is 0. The van der Waals surface area contributed by atoms with Gasteiger partial charge in [0, 0.05) is 4.47 Å². The third kappa shape index (κ3) is 5.57. The third-order valence-corrected chi connectivity index (χ3v) is 3.40. The molecule has 5 heteroatoms. The fourth-order valence-corrected chi connectivity index (χ4v) is 1.96. The smallest absolute Gasteiger partial charge is 0.323 e. The minimum Gasteiger partial charge on any atom is -0.460 e. The Bertz CT molecular complexity index is 356. The number of nitrogens with two attached hydrogens (primary N) is 1. The maximum Gasteiger partial charge on any atom is 0.323 e. The van der Waals surface area contributed by atoms with Gasteiger partial charge in [0.25, 0.3) is 0 Å². The molecule has 2 N–H and O–H groups in total. The summed E-state index contributed by atoms with van der Waals surface area (Å²) in [6.07, 6.45) is 2.64. The molecule has 0 aromatic heterocycles. The Hall–Kier alpha value is -0.520. The van der Waals surface area contributed by atoms with Crippen molar-refractivity contribution >= 4 is 33.7 Å². The number of hydrogen-bond acceptors (Lipinski definition) is 4. The zero-order valence-corrected chi connectivity index (χ0v) is 12.1. The van der Waals surface area contributed by atoms with E-state index in [2.05, 4.69) is 15.9 Å². The molecule has 0 saturated heterocycles. The van der Waals surface area contributed by atoms with Gasteiger partial charge in [-0.05, 0) is 36.1 Å². The number of carbonyl (C=O) groups excluding carboxylic acids is 1. The van der Waals surface area contributed by atoms with E-state index in [1.807, 2.05) is 30.5 Å². The van der Waals surface area contributed by atoms with Crippen LogP contribution >= 0.6 is 27.7 Å². The molecule has 0 fully saturated rings. The first-order valence-electron chi connectivity index (χ1n) is 5.29. The summed E-state index contributed by atoms with van der Waals surface area (Å²) in [5.41, 5.74) is 6.65. The molecule has 0 amide bonds. The minimum atomic E-state index is -0.516. The molecule has 0 heterocycles. The van der Waals surface area contributed by atoms with E-state index in [0.29, 0.717) is 6.42 Å². The molecule has 0 radical (unpaired) electrons. The molecular formula is C12H16BrNO2S. The molecule has 0 unspecified atom stereocenters. The van der Waals surface area contributed by atoms with E-state index in [1.165, 1.54) is 0 Å². The fraction of sp³-hybridized carbons (Fsp3) is 0.417. The second kappa shape index (κ2) is 7.74. The Kier molecular flexibility index (Phi) is 6.62. The molecule has 1 atom stereocenters. The van der Waals surface area contributed by atoms with E-state index in [4.69, 9.17) is 10.5 Å². The summed E-state index contributed by atoms with van der Waals surface area (Å²) in [7, 11) is 0. The van der Waals surface area contributed by atoms with E-state index in [9.17, 15) is 4.79 Å². The number of rotatable bonds is 6. The van der Waals surface area contributed by atoms with Crippen molar-refractivity contribution < 1.29 is 9.53 Å². The van der Waals surface area contributed by atoms with Crippen molar-refractivity contribution in [2.45, 2.75) is 19.1 Å². The molecule has 3 nitrogen and oxygen atoms in total. The molecule has 1 aromatic carbocycles. The first-order valence-corrected chi connectivity index (χ1v) is 7.47. The quantitative estimate of drug-likeness (QED) is 0.819. The topological polar surface area (TPSA) is 52.3 Å². The molecule has 0 saturated carbocycles. The highest BCUT2D eigenvalue weighted by molar-refractivity contribution is 9.10. The third-order valence-electron chi connectivity index (χ3n) is 2.23. The molecule has 0 aliphatic rings. The highest BCUT2D eigenvalue weighted by Crippen LogP contribution is 2.11. The molecule has 94 valence electrons. The molecule has 0 spiro atoms. The maximum absolute atomic E-state index is 11.5. The lowest BCUT2D eigenvalue weighted by Crippen LogP contribution is -2.32. The number of hydrogen-bond donors (Lipinski definition) is 1. The summed E-state index contributed by atoms with van der Waals surface area (Å²) in [5.74, 6) is 0.538. The van der Waals surface area contributed by atoms with Crippen LogP contribution in [-0.2, 0) is 16.1 Å². The van der Waals surface area contributed by atoms with E-state index in [-0.39, 0.29) is 12.6 Å². The SMILES string of the molecule is CSCC[C@@H](N)C(=O)OCc1ccc(Br)cc1. The monoisotopic (exact) mass is 317 g/mol. The van der Waals surface area contributed by atoms with Crippen molar-refractivity contribution in [2.75, 3.05) is 12.0 Å². The predicted octanol–water partition coefficient (Wildman–Crippen LogP) is 2.57. The van der Waals surface area contributed by atoms with Crippen LogP contribution in [0, 0.1) is 0 Å². The average molecular weight is 318 g/mol. The minimum absolute atomic E-state index is 0.277. The first-order chi connectivity index (χ1) is 8.13. The Morgan fingerprint density at radius 1 is 1.47 bits per heavy atom. The number of esters is 1. The molecule has 0 bridgehead atoms. The Labute approximate surface area is 114 Å². The molecule has 0 aliphatic heterocycles. The van der Waals surface area contributed by atoms with Crippen LogP contribution in [0.2, 0.25) is 0 Å². The zero-order valence-electron chi connectivity index (χ0n) is 9.69. The van der Waals surface area contributed by atoms with Crippen molar-refractivity contribution in [2.24, 2.45) is 5.73 Å². The summed E-state index contributed by atoms with van der Waals surface area (Å²) in [4.78, 5) is 11.5. The average Bonchev–Trinajstić information content (AvgIpc) is 2.34. The molecular weight excluding hydrogens is 302 g/mol. The van der Waals surface area contributed by atoms with Crippen molar-refractivity contribution in [3.8, 4) is 0 Å². The van der Waals surface area contributed by atoms with Gasteiger partial charge in [0.1, 0.15) is 12.6 Å². The van der Waals surface area contributed by atoms with Crippen LogP contribution in [0.4, 0.5) is 0 Å². The second-order valence-electron chi connectivity index (χ2n) is 3.62. The van der Waals surface area contributed by atoms with Gasteiger partial charge in [-0.1, -0.05) is 28.1 Å². The number of ether oxygens (including phenoxy) is 1. The van der Waals surface area contributed by atoms with Crippen LogP contribution < -0.4 is 5.73 Å². The highest BCUT2D eigenvalue weighted by atomic mass is 79.9. The van der Waals surface area contributed by atoms with E-state index in [1.54, 1.807) is 11.8 Å². The maximum atomic E-state index is 11.5. The number of benzene rings is 1. The standard InChI is InChI=1S/C12H16BrNO2S/c1-17-7-6-11(14)12(15)16-8-9-2-4-10(13)5-3-9/h2-5,11H,6-8,14H2,1H3/t11-/m1/s1. The van der Waals surface area contributed by atoms with Crippen LogP contribution in [0.15, 0.2) is 28.7 Å². The Morgan fingerprint density at radius 3 is 2.71 bits per heavy atom. The molecule has 1 aromatic rings. The van der Waals surface area contributed by atoms with Crippen LogP contribution in [0.5, 0.6) is 0 Å². The normalized spacial score (nSPS) is 12.2. The van der Waals surface area contributed by atoms with Gasteiger partial charge in [0.05, 0.1) is 0 Å². The summed E-state index contributed by atoms with van der Waals surface area (Å²) < 4.78 is 6.14. The number of halogens is 1. The van der Waals surface area contributed by atoms with Gasteiger partial charge < -0.3 is 10.5 Å². The van der Waals surface area contributed by atoms with Gasteiger partial charge in [-0.3, -0.25) is 4.79 Å². The van der Waals surface area contributed by atoms with Crippen molar-refractivity contribution in [3.05, 3.63) is 34.3 Å². The van der Waals surface area contributed by atoms with E-state index in [0.717, 1.165) is 15.8 Å². The van der Waals surface area contributed by atoms with Gasteiger partial charge in [-0.15, -0.1) is 0 Å². The summed E-state index contributed by atoms with van der Waals surface area (Å²) >= 11 is 5.02. The van der Waals surface area contributed by atoms with Gasteiger partial charge in [-0.2, -0.15) is 11.8 Å². The van der Waals surface area contributed by atoms with Gasteiger partial charge in [-0.25, -0.2) is 0 Å². The lowest BCUT2D eigenvalue weighted by atomic mass is 10.2. The van der Waals surface area contributed by atoms with Crippen LogP contribution in [-0.4, -0.2) is 24.0 Å². The summed E-state index contributed by atoms with van der Waals surface area (Å²) in [6, 6.07) is 7.13. The highest BCUT2D eigenvalue weighted by Gasteiger charge is 2.14. The number of thioether (sulfide) groups is 1. The van der Waals surface area contributed by atoms with E-state index >= 15 is 0 Å². The van der Waals surface area contributed by atoms with Crippen molar-refractivity contribution in [1.82, 2.24) is 0 Å². The van der Waals surface area contributed by atoms with Gasteiger partial charge in [0.15, 0.2) is 0 Å². The van der Waals surface area contributed by atoms with Crippen LogP contribution in [0.3, 0.4) is 0 Å². The zero-order chi connectivity index (χ0) is 12.7. The molecule has 17 heavy (non-hydrogen) atoms. The summed E-state index contributed by atoms with van der Waals surface area (Å²) in [6.45, 7) is 0.277. The van der Waals surface area contributed by atoms with Gasteiger partial charge >= 0.3 is 5.97 Å². The van der Waals surface area contributed by atoms with Crippen molar-refractivity contribution in [3.63, 3.8) is 0 Å². The Balaban J connectivity index is 2.34. The van der Waals surface area contributed by atoms with Crippen LogP contribution in [0.25, 0.3) is 0 Å². The Morgan fingerprint density at radius 2 is 2.12 bits per heavy atom.